The maximum absolute atomic E-state index is 5.56. The molecule has 1 aliphatic rings. The fourth-order valence-corrected chi connectivity index (χ4v) is 1.17. The predicted octanol–water partition coefficient (Wildman–Crippen LogP) is 1.16. The molecule has 2 nitrogen and oxygen atoms in total. The summed E-state index contributed by atoms with van der Waals surface area (Å²) in [4.78, 5) is 0. The molecule has 0 amide bonds. The molecule has 0 spiro atoms. The summed E-state index contributed by atoms with van der Waals surface area (Å²) >= 11 is 0. The van der Waals surface area contributed by atoms with Crippen molar-refractivity contribution in [3.05, 3.63) is 0 Å². The molecule has 1 heterocycles. The number of hydrogen-bond donors (Lipinski definition) is 1. The first-order chi connectivity index (χ1) is 4.83. The van der Waals surface area contributed by atoms with Crippen LogP contribution in [0.5, 0.6) is 0 Å². The Labute approximate surface area is 63.0 Å². The van der Waals surface area contributed by atoms with Gasteiger partial charge in [0.2, 0.25) is 0 Å². The molecule has 1 saturated heterocycles. The van der Waals surface area contributed by atoms with Gasteiger partial charge >= 0.3 is 0 Å². The van der Waals surface area contributed by atoms with Crippen molar-refractivity contribution in [2.75, 3.05) is 13.2 Å². The van der Waals surface area contributed by atoms with E-state index in [1.165, 1.54) is 0 Å². The predicted molar refractivity (Wildman–Crippen MR) is 42.1 cm³/mol. The minimum Gasteiger partial charge on any atom is -0.377 e. The number of nitrogens with one attached hydrogen (secondary N) is 1. The molecule has 0 aromatic carbocycles. The van der Waals surface area contributed by atoms with Crippen molar-refractivity contribution in [1.82, 2.24) is 5.32 Å². The Morgan fingerprint density at radius 3 is 3.10 bits per heavy atom. The maximum atomic E-state index is 5.56. The second-order valence-electron chi connectivity index (χ2n) is 3.00. The van der Waals surface area contributed by atoms with Crippen molar-refractivity contribution in [1.29, 1.82) is 0 Å². The minimum absolute atomic E-state index is 0.449. The second kappa shape index (κ2) is 3.94. The fourth-order valence-electron chi connectivity index (χ4n) is 1.17. The molecule has 1 N–H and O–H groups in total. The van der Waals surface area contributed by atoms with Gasteiger partial charge in [0.15, 0.2) is 0 Å². The van der Waals surface area contributed by atoms with E-state index in [1.54, 1.807) is 0 Å². The highest BCUT2D eigenvalue weighted by atomic mass is 16.5. The van der Waals surface area contributed by atoms with Crippen LogP contribution in [0.2, 0.25) is 0 Å². The number of hydrogen-bond acceptors (Lipinski definition) is 2. The highest BCUT2D eigenvalue weighted by Crippen LogP contribution is 2.04. The highest BCUT2D eigenvalue weighted by molar-refractivity contribution is 4.69. The van der Waals surface area contributed by atoms with Crippen molar-refractivity contribution in [3.63, 3.8) is 0 Å². The normalized spacial score (nSPS) is 35.4. The quantitative estimate of drug-likeness (QED) is 0.595. The van der Waals surface area contributed by atoms with Gasteiger partial charge in [0.1, 0.15) is 0 Å². The summed E-state index contributed by atoms with van der Waals surface area (Å²) in [6, 6.07) is 0.636. The van der Waals surface area contributed by atoms with Crippen LogP contribution in [0.1, 0.15) is 26.7 Å². The SMILES string of the molecule is CC[C@@H]1CN[C@@H](C)CCO1. The Balaban J connectivity index is 2.26. The van der Waals surface area contributed by atoms with Crippen LogP contribution in [0.25, 0.3) is 0 Å². The fraction of sp³-hybridized carbons (Fsp3) is 1.00. The first-order valence-electron chi connectivity index (χ1n) is 4.18. The van der Waals surface area contributed by atoms with E-state index in [0.717, 1.165) is 26.0 Å². The standard InChI is InChI=1S/C8H17NO/c1-3-8-6-9-7(2)4-5-10-8/h7-9H,3-6H2,1-2H3/t7-,8+/m0/s1. The molecule has 0 unspecified atom stereocenters. The summed E-state index contributed by atoms with van der Waals surface area (Å²) in [5.41, 5.74) is 0. The van der Waals surface area contributed by atoms with Gasteiger partial charge in [-0.25, -0.2) is 0 Å². The summed E-state index contributed by atoms with van der Waals surface area (Å²) in [7, 11) is 0. The monoisotopic (exact) mass is 143 g/mol. The number of rotatable bonds is 1. The highest BCUT2D eigenvalue weighted by Gasteiger charge is 2.12. The molecule has 1 fully saturated rings. The van der Waals surface area contributed by atoms with Crippen LogP contribution in [0.3, 0.4) is 0 Å². The smallest absolute Gasteiger partial charge is 0.0696 e. The summed E-state index contributed by atoms with van der Waals surface area (Å²) in [6.07, 6.45) is 2.72. The van der Waals surface area contributed by atoms with Gasteiger partial charge in [-0.15, -0.1) is 0 Å². The second-order valence-corrected chi connectivity index (χ2v) is 3.00. The van der Waals surface area contributed by atoms with Gasteiger partial charge in [0, 0.05) is 19.2 Å². The zero-order valence-electron chi connectivity index (χ0n) is 6.89. The van der Waals surface area contributed by atoms with E-state index >= 15 is 0 Å². The van der Waals surface area contributed by atoms with Crippen LogP contribution in [-0.2, 0) is 4.74 Å². The molecule has 1 aliphatic heterocycles. The zero-order chi connectivity index (χ0) is 7.40. The average Bonchev–Trinajstić information content (AvgIpc) is 2.14. The van der Waals surface area contributed by atoms with Gasteiger partial charge in [-0.2, -0.15) is 0 Å². The van der Waals surface area contributed by atoms with Crippen molar-refractivity contribution in [2.24, 2.45) is 0 Å². The molecular weight excluding hydrogens is 126 g/mol. The Kier molecular flexibility index (Phi) is 3.16. The van der Waals surface area contributed by atoms with E-state index in [0.29, 0.717) is 12.1 Å². The van der Waals surface area contributed by atoms with Gasteiger partial charge in [0.25, 0.3) is 0 Å². The van der Waals surface area contributed by atoms with Crippen LogP contribution in [-0.4, -0.2) is 25.3 Å². The molecule has 1 rings (SSSR count). The molecule has 2 atom stereocenters. The maximum Gasteiger partial charge on any atom is 0.0696 e. The van der Waals surface area contributed by atoms with Crippen molar-refractivity contribution >= 4 is 0 Å². The molecule has 0 radical (unpaired) electrons. The van der Waals surface area contributed by atoms with Gasteiger partial charge in [-0.05, 0) is 19.8 Å². The van der Waals surface area contributed by atoms with Gasteiger partial charge in [-0.3, -0.25) is 0 Å². The lowest BCUT2D eigenvalue weighted by atomic mass is 10.2. The molecule has 0 aliphatic carbocycles. The van der Waals surface area contributed by atoms with Gasteiger partial charge in [0.05, 0.1) is 6.10 Å². The van der Waals surface area contributed by atoms with E-state index < -0.39 is 0 Å². The van der Waals surface area contributed by atoms with Gasteiger partial charge < -0.3 is 10.1 Å². The summed E-state index contributed by atoms with van der Waals surface area (Å²) in [5.74, 6) is 0. The third-order valence-electron chi connectivity index (χ3n) is 2.05. The molecule has 0 aromatic rings. The minimum atomic E-state index is 0.449. The molecule has 0 saturated carbocycles. The van der Waals surface area contributed by atoms with E-state index in [-0.39, 0.29) is 0 Å². The topological polar surface area (TPSA) is 21.3 Å². The average molecular weight is 143 g/mol. The van der Waals surface area contributed by atoms with E-state index in [1.807, 2.05) is 0 Å². The molecule has 60 valence electrons. The van der Waals surface area contributed by atoms with Crippen LogP contribution in [0.4, 0.5) is 0 Å². The summed E-state index contributed by atoms with van der Waals surface area (Å²) in [6.45, 7) is 6.33. The zero-order valence-corrected chi connectivity index (χ0v) is 6.89. The Bertz CT molecular complexity index is 95.3. The third kappa shape index (κ3) is 2.27. The van der Waals surface area contributed by atoms with Crippen LogP contribution in [0.15, 0.2) is 0 Å². The molecular formula is C8H17NO. The van der Waals surface area contributed by atoms with Crippen LogP contribution in [0, 0.1) is 0 Å². The summed E-state index contributed by atoms with van der Waals surface area (Å²) in [5, 5.41) is 3.42. The van der Waals surface area contributed by atoms with Crippen LogP contribution < -0.4 is 5.32 Å². The Morgan fingerprint density at radius 1 is 1.60 bits per heavy atom. The lowest BCUT2D eigenvalue weighted by molar-refractivity contribution is 0.0643. The van der Waals surface area contributed by atoms with Crippen molar-refractivity contribution in [3.8, 4) is 0 Å². The molecule has 10 heavy (non-hydrogen) atoms. The summed E-state index contributed by atoms with van der Waals surface area (Å²) < 4.78 is 5.56. The van der Waals surface area contributed by atoms with Crippen LogP contribution >= 0.6 is 0 Å². The lowest BCUT2D eigenvalue weighted by Gasteiger charge is -2.11. The van der Waals surface area contributed by atoms with Gasteiger partial charge in [-0.1, -0.05) is 6.92 Å². The molecule has 0 aromatic heterocycles. The first kappa shape index (κ1) is 8.02. The first-order valence-corrected chi connectivity index (χ1v) is 4.18. The van der Waals surface area contributed by atoms with Crippen molar-refractivity contribution < 1.29 is 4.74 Å². The molecule has 0 bridgehead atoms. The lowest BCUT2D eigenvalue weighted by Crippen LogP contribution is -2.30. The third-order valence-corrected chi connectivity index (χ3v) is 2.05. The van der Waals surface area contributed by atoms with E-state index in [9.17, 15) is 0 Å². The van der Waals surface area contributed by atoms with E-state index in [2.05, 4.69) is 19.2 Å². The Morgan fingerprint density at radius 2 is 2.40 bits per heavy atom. The van der Waals surface area contributed by atoms with Crippen molar-refractivity contribution in [2.45, 2.75) is 38.8 Å². The largest absolute Gasteiger partial charge is 0.377 e. The molecule has 2 heteroatoms. The Hall–Kier alpha value is -0.0800. The number of ether oxygens (including phenoxy) is 1. The van der Waals surface area contributed by atoms with E-state index in [4.69, 9.17) is 4.74 Å².